The highest BCUT2D eigenvalue weighted by Crippen LogP contribution is 2.18. The van der Waals surface area contributed by atoms with Crippen molar-refractivity contribution in [2.45, 2.75) is 65.1 Å². The number of hydrogen-bond acceptors (Lipinski definition) is 3. The van der Waals surface area contributed by atoms with E-state index < -0.39 is 0 Å². The van der Waals surface area contributed by atoms with Crippen molar-refractivity contribution in [3.63, 3.8) is 0 Å². The van der Waals surface area contributed by atoms with E-state index in [1.165, 1.54) is 12.8 Å². The summed E-state index contributed by atoms with van der Waals surface area (Å²) in [4.78, 5) is 19.2. The topological polar surface area (TPSA) is 45.2 Å². The minimum Gasteiger partial charge on any atom is -0.352 e. The third-order valence-electron chi connectivity index (χ3n) is 4.32. The van der Waals surface area contributed by atoms with E-state index in [4.69, 9.17) is 0 Å². The van der Waals surface area contributed by atoms with Crippen LogP contribution >= 0.6 is 0 Å². The zero-order valence-electron chi connectivity index (χ0n) is 14.1. The van der Waals surface area contributed by atoms with E-state index in [9.17, 15) is 4.79 Å². The third-order valence-corrected chi connectivity index (χ3v) is 4.32. The standard InChI is InChI=1S/C18H29N3O/c1-14(2)12-21(13-17-10-6-7-11-19-17)15(3)18(22)20-16-8-4-5-9-16/h6-7,10-11,14-16H,4-5,8-9,12-13H2,1-3H3,(H,20,22). The first-order valence-electron chi connectivity index (χ1n) is 8.50. The minimum atomic E-state index is -0.120. The molecule has 0 saturated heterocycles. The molecule has 2 rings (SSSR count). The Balaban J connectivity index is 1.98. The Labute approximate surface area is 134 Å². The molecule has 0 bridgehead atoms. The number of nitrogens with one attached hydrogen (secondary N) is 1. The zero-order chi connectivity index (χ0) is 15.9. The van der Waals surface area contributed by atoms with Crippen molar-refractivity contribution >= 4 is 5.91 Å². The van der Waals surface area contributed by atoms with Gasteiger partial charge in [-0.15, -0.1) is 0 Å². The van der Waals surface area contributed by atoms with Crippen molar-refractivity contribution in [3.8, 4) is 0 Å². The number of amides is 1. The Kier molecular flexibility index (Phi) is 6.37. The van der Waals surface area contributed by atoms with E-state index >= 15 is 0 Å². The van der Waals surface area contributed by atoms with Crippen molar-refractivity contribution in [1.82, 2.24) is 15.2 Å². The summed E-state index contributed by atoms with van der Waals surface area (Å²) in [5.74, 6) is 0.675. The summed E-state index contributed by atoms with van der Waals surface area (Å²) < 4.78 is 0. The molecule has 1 aromatic heterocycles. The van der Waals surface area contributed by atoms with Gasteiger partial charge in [0, 0.05) is 25.3 Å². The third kappa shape index (κ3) is 5.09. The highest BCUT2D eigenvalue weighted by atomic mass is 16.2. The lowest BCUT2D eigenvalue weighted by Gasteiger charge is -2.30. The largest absolute Gasteiger partial charge is 0.352 e. The molecule has 1 amide bonds. The van der Waals surface area contributed by atoms with Crippen molar-refractivity contribution < 1.29 is 4.79 Å². The molecule has 1 aliphatic rings. The molecule has 1 atom stereocenters. The number of hydrogen-bond donors (Lipinski definition) is 1. The summed E-state index contributed by atoms with van der Waals surface area (Å²) in [6.07, 6.45) is 6.55. The van der Waals surface area contributed by atoms with Crippen LogP contribution < -0.4 is 5.32 Å². The lowest BCUT2D eigenvalue weighted by Crippen LogP contribution is -2.48. The summed E-state index contributed by atoms with van der Waals surface area (Å²) in [5, 5.41) is 3.22. The van der Waals surface area contributed by atoms with Crippen LogP contribution in [0.1, 0.15) is 52.1 Å². The van der Waals surface area contributed by atoms with E-state index in [2.05, 4.69) is 29.0 Å². The first-order valence-corrected chi connectivity index (χ1v) is 8.50. The molecule has 0 aromatic carbocycles. The van der Waals surface area contributed by atoms with E-state index in [0.717, 1.165) is 31.6 Å². The lowest BCUT2D eigenvalue weighted by atomic mass is 10.1. The highest BCUT2D eigenvalue weighted by molar-refractivity contribution is 5.81. The van der Waals surface area contributed by atoms with Crippen LogP contribution in [0.4, 0.5) is 0 Å². The van der Waals surface area contributed by atoms with E-state index in [1.54, 1.807) is 0 Å². The molecule has 4 heteroatoms. The fraction of sp³-hybridized carbons (Fsp3) is 0.667. The highest BCUT2D eigenvalue weighted by Gasteiger charge is 2.25. The summed E-state index contributed by atoms with van der Waals surface area (Å²) >= 11 is 0. The summed E-state index contributed by atoms with van der Waals surface area (Å²) in [6.45, 7) is 8.00. The molecule has 0 aliphatic heterocycles. The molecule has 1 fully saturated rings. The van der Waals surface area contributed by atoms with Crippen LogP contribution in [-0.2, 0) is 11.3 Å². The predicted octanol–water partition coefficient (Wildman–Crippen LogP) is 2.99. The monoisotopic (exact) mass is 303 g/mol. The summed E-state index contributed by atoms with van der Waals surface area (Å²) in [5.41, 5.74) is 1.02. The van der Waals surface area contributed by atoms with E-state index in [1.807, 2.05) is 31.3 Å². The van der Waals surface area contributed by atoms with E-state index in [0.29, 0.717) is 12.0 Å². The number of carbonyl (C=O) groups excluding carboxylic acids is 1. The van der Waals surface area contributed by atoms with Crippen LogP contribution in [0.2, 0.25) is 0 Å². The Morgan fingerprint density at radius 1 is 1.32 bits per heavy atom. The molecule has 1 aliphatic carbocycles. The maximum absolute atomic E-state index is 12.5. The van der Waals surface area contributed by atoms with Gasteiger partial charge in [0.15, 0.2) is 0 Å². The van der Waals surface area contributed by atoms with Crippen LogP contribution in [0.25, 0.3) is 0 Å². The van der Waals surface area contributed by atoms with Crippen LogP contribution in [0.3, 0.4) is 0 Å². The van der Waals surface area contributed by atoms with Gasteiger partial charge in [0.1, 0.15) is 0 Å². The molecule has 4 nitrogen and oxygen atoms in total. The SMILES string of the molecule is CC(C)CN(Cc1ccccn1)C(C)C(=O)NC1CCCC1. The van der Waals surface area contributed by atoms with Gasteiger partial charge >= 0.3 is 0 Å². The van der Waals surface area contributed by atoms with Gasteiger partial charge in [0.2, 0.25) is 5.91 Å². The van der Waals surface area contributed by atoms with Crippen LogP contribution in [0.5, 0.6) is 0 Å². The Hall–Kier alpha value is -1.42. The normalized spacial score (nSPS) is 17.1. The molecule has 1 saturated carbocycles. The van der Waals surface area contributed by atoms with Crippen molar-refractivity contribution in [1.29, 1.82) is 0 Å². The molecule has 0 radical (unpaired) electrons. The van der Waals surface area contributed by atoms with Crippen molar-refractivity contribution in [3.05, 3.63) is 30.1 Å². The molecule has 1 aromatic rings. The second-order valence-electron chi connectivity index (χ2n) is 6.81. The molecular weight excluding hydrogens is 274 g/mol. The fourth-order valence-corrected chi connectivity index (χ4v) is 3.09. The van der Waals surface area contributed by atoms with Gasteiger partial charge in [-0.25, -0.2) is 0 Å². The van der Waals surface area contributed by atoms with Gasteiger partial charge < -0.3 is 5.32 Å². The number of aromatic nitrogens is 1. The number of carbonyl (C=O) groups is 1. The van der Waals surface area contributed by atoms with Crippen LogP contribution in [-0.4, -0.2) is 34.4 Å². The van der Waals surface area contributed by atoms with Crippen molar-refractivity contribution in [2.75, 3.05) is 6.54 Å². The Morgan fingerprint density at radius 2 is 2.05 bits per heavy atom. The smallest absolute Gasteiger partial charge is 0.237 e. The second-order valence-corrected chi connectivity index (χ2v) is 6.81. The quantitative estimate of drug-likeness (QED) is 0.842. The summed E-state index contributed by atoms with van der Waals surface area (Å²) in [6, 6.07) is 6.20. The molecule has 1 heterocycles. The first kappa shape index (κ1) is 16.9. The molecule has 0 spiro atoms. The fourth-order valence-electron chi connectivity index (χ4n) is 3.09. The van der Waals surface area contributed by atoms with E-state index in [-0.39, 0.29) is 11.9 Å². The number of pyridine rings is 1. The van der Waals surface area contributed by atoms with Gasteiger partial charge in [0.25, 0.3) is 0 Å². The maximum Gasteiger partial charge on any atom is 0.237 e. The minimum absolute atomic E-state index is 0.120. The first-order chi connectivity index (χ1) is 10.6. The van der Waals surface area contributed by atoms with Gasteiger partial charge in [0.05, 0.1) is 11.7 Å². The van der Waals surface area contributed by atoms with Crippen LogP contribution in [0.15, 0.2) is 24.4 Å². The second kappa shape index (κ2) is 8.28. The predicted molar refractivity (Wildman–Crippen MR) is 89.3 cm³/mol. The molecular formula is C18H29N3O. The number of nitrogens with zero attached hydrogens (tertiary/aromatic N) is 2. The Morgan fingerprint density at radius 3 is 2.64 bits per heavy atom. The molecule has 122 valence electrons. The maximum atomic E-state index is 12.5. The number of rotatable bonds is 7. The zero-order valence-corrected chi connectivity index (χ0v) is 14.1. The van der Waals surface area contributed by atoms with Crippen LogP contribution in [0, 0.1) is 5.92 Å². The van der Waals surface area contributed by atoms with Gasteiger partial charge in [-0.2, -0.15) is 0 Å². The molecule has 1 N–H and O–H groups in total. The van der Waals surface area contributed by atoms with Gasteiger partial charge in [-0.1, -0.05) is 32.8 Å². The Bertz CT molecular complexity index is 455. The average Bonchev–Trinajstić information content (AvgIpc) is 2.99. The van der Waals surface area contributed by atoms with Gasteiger partial charge in [-0.05, 0) is 37.8 Å². The molecule has 1 unspecified atom stereocenters. The molecule has 22 heavy (non-hydrogen) atoms. The average molecular weight is 303 g/mol. The summed E-state index contributed by atoms with van der Waals surface area (Å²) in [7, 11) is 0. The van der Waals surface area contributed by atoms with Crippen molar-refractivity contribution in [2.24, 2.45) is 5.92 Å². The van der Waals surface area contributed by atoms with Gasteiger partial charge in [-0.3, -0.25) is 14.7 Å². The lowest BCUT2D eigenvalue weighted by molar-refractivity contribution is -0.127.